The number of nitrogens with one attached hydrogen (secondary N) is 1. The second-order valence-corrected chi connectivity index (χ2v) is 5.24. The minimum absolute atomic E-state index is 0.317. The van der Waals surface area contributed by atoms with Crippen molar-refractivity contribution in [3.63, 3.8) is 0 Å². The predicted octanol–water partition coefficient (Wildman–Crippen LogP) is 3.13. The molecule has 1 saturated carbocycles. The van der Waals surface area contributed by atoms with E-state index < -0.39 is 0 Å². The maximum atomic E-state index is 5.71. The molecule has 0 spiro atoms. The van der Waals surface area contributed by atoms with Crippen LogP contribution in [0.25, 0.3) is 0 Å². The van der Waals surface area contributed by atoms with Crippen LogP contribution in [0.1, 0.15) is 38.7 Å². The van der Waals surface area contributed by atoms with E-state index >= 15 is 0 Å². The average Bonchev–Trinajstić information content (AvgIpc) is 3.26. The van der Waals surface area contributed by atoms with Gasteiger partial charge in [-0.1, -0.05) is 19.1 Å². The third-order valence-corrected chi connectivity index (χ3v) is 3.40. The molecule has 19 heavy (non-hydrogen) atoms. The van der Waals surface area contributed by atoms with Gasteiger partial charge in [-0.25, -0.2) is 0 Å². The summed E-state index contributed by atoms with van der Waals surface area (Å²) in [4.78, 5) is 0. The van der Waals surface area contributed by atoms with Crippen molar-refractivity contribution in [2.75, 3.05) is 13.2 Å². The molecule has 0 amide bonds. The first-order valence-corrected chi connectivity index (χ1v) is 7.34. The Kier molecular flexibility index (Phi) is 5.67. The summed E-state index contributed by atoms with van der Waals surface area (Å²) in [5, 5.41) is 3.51. The summed E-state index contributed by atoms with van der Waals surface area (Å²) in [5.74, 6) is 0.933. The largest absolute Gasteiger partial charge is 0.491 e. The quantitative estimate of drug-likeness (QED) is 0.694. The first-order chi connectivity index (χ1) is 9.28. The third-order valence-electron chi connectivity index (χ3n) is 3.40. The fourth-order valence-corrected chi connectivity index (χ4v) is 1.82. The van der Waals surface area contributed by atoms with Crippen LogP contribution in [-0.2, 0) is 11.3 Å². The van der Waals surface area contributed by atoms with Crippen molar-refractivity contribution in [1.82, 2.24) is 5.32 Å². The molecule has 1 aromatic rings. The van der Waals surface area contributed by atoms with Crippen LogP contribution < -0.4 is 10.1 Å². The normalized spacial score (nSPS) is 16.3. The van der Waals surface area contributed by atoms with E-state index in [1.807, 2.05) is 6.07 Å². The van der Waals surface area contributed by atoms with Gasteiger partial charge in [-0.15, -0.1) is 0 Å². The summed E-state index contributed by atoms with van der Waals surface area (Å²) in [6, 6.07) is 9.04. The van der Waals surface area contributed by atoms with E-state index in [0.29, 0.717) is 19.3 Å². The molecule has 0 bridgehead atoms. The van der Waals surface area contributed by atoms with Crippen LogP contribution in [0.3, 0.4) is 0 Å². The van der Waals surface area contributed by atoms with Crippen molar-refractivity contribution in [3.8, 4) is 5.75 Å². The van der Waals surface area contributed by atoms with Crippen molar-refractivity contribution in [2.24, 2.45) is 0 Å². The Balaban J connectivity index is 1.68. The molecular weight excluding hydrogens is 238 g/mol. The molecule has 1 fully saturated rings. The lowest BCUT2D eigenvalue weighted by Gasteiger charge is -2.12. The monoisotopic (exact) mass is 263 g/mol. The van der Waals surface area contributed by atoms with Crippen molar-refractivity contribution in [1.29, 1.82) is 0 Å². The maximum absolute atomic E-state index is 5.71. The molecule has 0 heterocycles. The number of ether oxygens (including phenoxy) is 2. The van der Waals surface area contributed by atoms with E-state index in [1.54, 1.807) is 0 Å². The number of hydrogen-bond donors (Lipinski definition) is 1. The highest BCUT2D eigenvalue weighted by Crippen LogP contribution is 2.20. The van der Waals surface area contributed by atoms with E-state index in [-0.39, 0.29) is 0 Å². The molecule has 1 aliphatic rings. The van der Waals surface area contributed by atoms with E-state index in [2.05, 4.69) is 37.4 Å². The highest BCUT2D eigenvalue weighted by atomic mass is 16.5. The highest BCUT2D eigenvalue weighted by molar-refractivity contribution is 5.28. The van der Waals surface area contributed by atoms with E-state index in [0.717, 1.165) is 24.8 Å². The molecule has 0 aliphatic heterocycles. The minimum atomic E-state index is 0.317. The molecule has 3 nitrogen and oxygen atoms in total. The fraction of sp³-hybridized carbons (Fsp3) is 0.625. The zero-order chi connectivity index (χ0) is 13.5. The smallest absolute Gasteiger partial charge is 0.119 e. The van der Waals surface area contributed by atoms with Crippen molar-refractivity contribution in [2.45, 2.75) is 51.8 Å². The van der Waals surface area contributed by atoms with Gasteiger partial charge >= 0.3 is 0 Å². The van der Waals surface area contributed by atoms with Crippen LogP contribution in [0, 0.1) is 0 Å². The van der Waals surface area contributed by atoms with Gasteiger partial charge in [-0.05, 0) is 43.9 Å². The van der Waals surface area contributed by atoms with Gasteiger partial charge in [0.05, 0.1) is 12.7 Å². The van der Waals surface area contributed by atoms with Crippen LogP contribution in [0.2, 0.25) is 0 Å². The molecule has 1 unspecified atom stereocenters. The average molecular weight is 263 g/mol. The van der Waals surface area contributed by atoms with Gasteiger partial charge in [0.25, 0.3) is 0 Å². The lowest BCUT2D eigenvalue weighted by atomic mass is 10.2. The van der Waals surface area contributed by atoms with E-state index in [9.17, 15) is 0 Å². The summed E-state index contributed by atoms with van der Waals surface area (Å²) in [5.41, 5.74) is 1.28. The predicted molar refractivity (Wildman–Crippen MR) is 77.5 cm³/mol. The fourth-order valence-electron chi connectivity index (χ4n) is 1.82. The standard InChI is InChI=1S/C16H25NO2/c1-3-13(2)18-9-10-19-16-6-4-5-14(11-16)12-17-15-7-8-15/h4-6,11,13,15,17H,3,7-10,12H2,1-2H3. The Hall–Kier alpha value is -1.06. The van der Waals surface area contributed by atoms with Gasteiger partial charge in [-0.3, -0.25) is 0 Å². The molecule has 1 atom stereocenters. The molecule has 0 radical (unpaired) electrons. The Morgan fingerprint density at radius 2 is 2.16 bits per heavy atom. The molecule has 0 aromatic heterocycles. The first-order valence-electron chi connectivity index (χ1n) is 7.34. The summed E-state index contributed by atoms with van der Waals surface area (Å²) in [6.45, 7) is 6.42. The van der Waals surface area contributed by atoms with Crippen LogP contribution >= 0.6 is 0 Å². The zero-order valence-electron chi connectivity index (χ0n) is 12.0. The highest BCUT2D eigenvalue weighted by Gasteiger charge is 2.19. The Bertz CT molecular complexity index is 377. The van der Waals surface area contributed by atoms with Gasteiger partial charge in [0.1, 0.15) is 12.4 Å². The summed E-state index contributed by atoms with van der Waals surface area (Å²) >= 11 is 0. The number of rotatable bonds is 9. The number of benzene rings is 1. The van der Waals surface area contributed by atoms with Gasteiger partial charge < -0.3 is 14.8 Å². The first kappa shape index (κ1) is 14.4. The van der Waals surface area contributed by atoms with Crippen molar-refractivity contribution < 1.29 is 9.47 Å². The molecule has 1 N–H and O–H groups in total. The van der Waals surface area contributed by atoms with Crippen molar-refractivity contribution >= 4 is 0 Å². The lowest BCUT2D eigenvalue weighted by molar-refractivity contribution is 0.0426. The van der Waals surface area contributed by atoms with Gasteiger partial charge in [0.15, 0.2) is 0 Å². The zero-order valence-corrected chi connectivity index (χ0v) is 12.0. The summed E-state index contributed by atoms with van der Waals surface area (Å²) in [6.07, 6.45) is 4.01. The van der Waals surface area contributed by atoms with Gasteiger partial charge in [0, 0.05) is 12.6 Å². The van der Waals surface area contributed by atoms with Crippen LogP contribution in [0.5, 0.6) is 5.75 Å². The molecule has 1 aliphatic carbocycles. The molecule has 106 valence electrons. The van der Waals surface area contributed by atoms with Gasteiger partial charge in [0.2, 0.25) is 0 Å². The van der Waals surface area contributed by atoms with Gasteiger partial charge in [-0.2, -0.15) is 0 Å². The Morgan fingerprint density at radius 1 is 1.32 bits per heavy atom. The third kappa shape index (κ3) is 5.62. The topological polar surface area (TPSA) is 30.5 Å². The summed E-state index contributed by atoms with van der Waals surface area (Å²) in [7, 11) is 0. The molecule has 1 aromatic carbocycles. The maximum Gasteiger partial charge on any atom is 0.119 e. The second kappa shape index (κ2) is 7.51. The van der Waals surface area contributed by atoms with Crippen LogP contribution in [0.15, 0.2) is 24.3 Å². The van der Waals surface area contributed by atoms with Crippen LogP contribution in [0.4, 0.5) is 0 Å². The molecule has 3 heteroatoms. The van der Waals surface area contributed by atoms with E-state index in [1.165, 1.54) is 18.4 Å². The van der Waals surface area contributed by atoms with E-state index in [4.69, 9.17) is 9.47 Å². The Morgan fingerprint density at radius 3 is 2.89 bits per heavy atom. The molecular formula is C16H25NO2. The Labute approximate surface area is 116 Å². The summed E-state index contributed by atoms with van der Waals surface area (Å²) < 4.78 is 11.3. The second-order valence-electron chi connectivity index (χ2n) is 5.24. The molecule has 2 rings (SSSR count). The number of hydrogen-bond acceptors (Lipinski definition) is 3. The van der Waals surface area contributed by atoms with Crippen LogP contribution in [-0.4, -0.2) is 25.4 Å². The SMILES string of the molecule is CCC(C)OCCOc1cccc(CNC2CC2)c1. The van der Waals surface area contributed by atoms with Crippen molar-refractivity contribution in [3.05, 3.63) is 29.8 Å². The minimum Gasteiger partial charge on any atom is -0.491 e. The lowest BCUT2D eigenvalue weighted by Crippen LogP contribution is -2.15. The molecule has 0 saturated heterocycles.